The molecule has 3 aromatic rings. The average Bonchev–Trinajstić information content (AvgIpc) is 2.99. The molecule has 0 fully saturated rings. The molecule has 0 bridgehead atoms. The molecule has 0 saturated carbocycles. The molecule has 24 heavy (non-hydrogen) atoms. The molecule has 2 aromatic carbocycles. The molecule has 0 spiro atoms. The summed E-state index contributed by atoms with van der Waals surface area (Å²) in [6.45, 7) is 2.13. The molecule has 6 heteroatoms. The third kappa shape index (κ3) is 3.90. The molecule has 4 nitrogen and oxygen atoms in total. The van der Waals surface area contributed by atoms with E-state index in [4.69, 9.17) is 4.74 Å². The number of rotatable bonds is 5. The molecule has 1 aromatic heterocycles. The van der Waals surface area contributed by atoms with Crippen molar-refractivity contribution in [3.8, 4) is 0 Å². The van der Waals surface area contributed by atoms with E-state index in [1.165, 1.54) is 20.7 Å². The number of benzene rings is 2. The lowest BCUT2D eigenvalue weighted by molar-refractivity contribution is 0.0527. The van der Waals surface area contributed by atoms with Gasteiger partial charge in [-0.05, 0) is 31.2 Å². The number of carbonyl (C=O) groups is 1. The van der Waals surface area contributed by atoms with Gasteiger partial charge >= 0.3 is 5.97 Å². The standard InChI is InChI=1S/C18H16N2O2S2/c1-2-22-18(21)15-16(19-13-9-5-3-6-10-13)23-24-17(15)20-14-11-7-4-8-12-14/h3-12,19H,2H2,1H3. The van der Waals surface area contributed by atoms with Crippen LogP contribution in [0, 0.1) is 0 Å². The molecule has 1 N–H and O–H groups in total. The number of ether oxygens (including phenoxy) is 1. The summed E-state index contributed by atoms with van der Waals surface area (Å²) in [5, 5.41) is 4.04. The van der Waals surface area contributed by atoms with Crippen molar-refractivity contribution in [1.29, 1.82) is 0 Å². The molecule has 0 unspecified atom stereocenters. The minimum atomic E-state index is -0.358. The number of nitrogens with zero attached hydrogens (tertiary/aromatic N) is 1. The average molecular weight is 356 g/mol. The van der Waals surface area contributed by atoms with Crippen LogP contribution < -0.4 is 9.99 Å². The minimum Gasteiger partial charge on any atom is -0.462 e. The minimum absolute atomic E-state index is 0.328. The number of para-hydroxylation sites is 2. The molecular formula is C18H16N2O2S2. The monoisotopic (exact) mass is 356 g/mol. The lowest BCUT2D eigenvalue weighted by Crippen LogP contribution is -2.15. The van der Waals surface area contributed by atoms with E-state index >= 15 is 0 Å². The Morgan fingerprint density at radius 1 is 1.04 bits per heavy atom. The van der Waals surface area contributed by atoms with Gasteiger partial charge in [-0.3, -0.25) is 0 Å². The van der Waals surface area contributed by atoms with Gasteiger partial charge in [-0.15, -0.1) is 0 Å². The molecule has 1 heterocycles. The Balaban J connectivity index is 2.03. The molecule has 3 rings (SSSR count). The molecule has 0 aliphatic carbocycles. The fourth-order valence-electron chi connectivity index (χ4n) is 2.08. The van der Waals surface area contributed by atoms with Gasteiger partial charge in [0, 0.05) is 5.69 Å². The van der Waals surface area contributed by atoms with E-state index in [0.29, 0.717) is 16.8 Å². The van der Waals surface area contributed by atoms with Crippen molar-refractivity contribution in [3.05, 3.63) is 70.9 Å². The number of carbonyl (C=O) groups excluding carboxylic acids is 1. The van der Waals surface area contributed by atoms with E-state index in [2.05, 4.69) is 10.3 Å². The zero-order valence-corrected chi connectivity index (χ0v) is 14.7. The highest BCUT2D eigenvalue weighted by molar-refractivity contribution is 7.70. The molecule has 0 aliphatic heterocycles. The summed E-state index contributed by atoms with van der Waals surface area (Å²) in [5.41, 5.74) is 2.21. The first-order valence-electron chi connectivity index (χ1n) is 7.50. The summed E-state index contributed by atoms with van der Waals surface area (Å²) in [6.07, 6.45) is 0. The van der Waals surface area contributed by atoms with Crippen LogP contribution in [0.2, 0.25) is 0 Å². The molecule has 0 atom stereocenters. The Hall–Kier alpha value is -2.44. The predicted molar refractivity (Wildman–Crippen MR) is 99.5 cm³/mol. The molecule has 0 saturated heterocycles. The van der Waals surface area contributed by atoms with E-state index in [0.717, 1.165) is 16.4 Å². The lowest BCUT2D eigenvalue weighted by Gasteiger charge is -2.06. The largest absolute Gasteiger partial charge is 0.462 e. The van der Waals surface area contributed by atoms with E-state index in [-0.39, 0.29) is 5.97 Å². The maximum Gasteiger partial charge on any atom is 0.344 e. The maximum absolute atomic E-state index is 12.4. The van der Waals surface area contributed by atoms with Gasteiger partial charge in [0.25, 0.3) is 0 Å². The van der Waals surface area contributed by atoms with Crippen LogP contribution in [0.1, 0.15) is 17.3 Å². The quantitative estimate of drug-likeness (QED) is 0.519. The summed E-state index contributed by atoms with van der Waals surface area (Å²) in [6, 6.07) is 19.3. The lowest BCUT2D eigenvalue weighted by atomic mass is 10.3. The van der Waals surface area contributed by atoms with Crippen molar-refractivity contribution >= 4 is 43.0 Å². The van der Waals surface area contributed by atoms with Gasteiger partial charge < -0.3 is 10.1 Å². The van der Waals surface area contributed by atoms with Crippen molar-refractivity contribution in [2.45, 2.75) is 6.92 Å². The zero-order chi connectivity index (χ0) is 16.8. The van der Waals surface area contributed by atoms with Gasteiger partial charge in [0.15, 0.2) is 0 Å². The second-order valence-corrected chi connectivity index (χ2v) is 6.96. The van der Waals surface area contributed by atoms with Crippen LogP contribution in [0.3, 0.4) is 0 Å². The first-order valence-corrected chi connectivity index (χ1v) is 9.65. The fourth-order valence-corrected chi connectivity index (χ4v) is 4.36. The SMILES string of the molecule is CCOC(=O)c1c(Nc2ccccc2)ssc1=Nc1ccccc1. The van der Waals surface area contributed by atoms with Crippen LogP contribution in [-0.2, 0) is 4.74 Å². The van der Waals surface area contributed by atoms with E-state index in [9.17, 15) is 4.79 Å². The number of esters is 1. The van der Waals surface area contributed by atoms with Crippen molar-refractivity contribution < 1.29 is 9.53 Å². The van der Waals surface area contributed by atoms with Crippen LogP contribution in [-0.4, -0.2) is 12.6 Å². The number of nitrogens with one attached hydrogen (secondary N) is 1. The summed E-state index contributed by atoms with van der Waals surface area (Å²) >= 11 is 0. The van der Waals surface area contributed by atoms with E-state index in [1.807, 2.05) is 60.7 Å². The van der Waals surface area contributed by atoms with Gasteiger partial charge in [-0.1, -0.05) is 57.1 Å². The summed E-state index contributed by atoms with van der Waals surface area (Å²) in [5.74, 6) is -0.358. The van der Waals surface area contributed by atoms with Crippen LogP contribution in [0.25, 0.3) is 0 Å². The Bertz CT molecular complexity index is 871. The normalized spacial score (nSPS) is 11.3. The van der Waals surface area contributed by atoms with Gasteiger partial charge in [0.05, 0.1) is 12.3 Å². The van der Waals surface area contributed by atoms with E-state index < -0.39 is 0 Å². The highest BCUT2D eigenvalue weighted by Crippen LogP contribution is 2.28. The molecule has 0 aliphatic rings. The Labute approximate surface area is 147 Å². The van der Waals surface area contributed by atoms with Gasteiger partial charge in [0.1, 0.15) is 15.2 Å². The molecule has 0 radical (unpaired) electrons. The third-order valence-electron chi connectivity index (χ3n) is 3.14. The third-order valence-corrected chi connectivity index (χ3v) is 5.38. The highest BCUT2D eigenvalue weighted by Gasteiger charge is 2.19. The first kappa shape index (κ1) is 16.4. The molecular weight excluding hydrogens is 340 g/mol. The Kier molecular flexibility index (Phi) is 5.40. The first-order chi connectivity index (χ1) is 11.8. The second-order valence-electron chi connectivity index (χ2n) is 4.83. The Morgan fingerprint density at radius 2 is 1.71 bits per heavy atom. The van der Waals surface area contributed by atoms with E-state index in [1.54, 1.807) is 6.92 Å². The zero-order valence-electron chi connectivity index (χ0n) is 13.1. The predicted octanol–water partition coefficient (Wildman–Crippen LogP) is 4.96. The number of hydrogen-bond donors (Lipinski definition) is 1. The van der Waals surface area contributed by atoms with Crippen LogP contribution in [0.5, 0.6) is 0 Å². The second kappa shape index (κ2) is 7.90. The van der Waals surface area contributed by atoms with Crippen molar-refractivity contribution in [2.24, 2.45) is 4.99 Å². The van der Waals surface area contributed by atoms with Gasteiger partial charge in [-0.2, -0.15) is 0 Å². The van der Waals surface area contributed by atoms with Crippen molar-refractivity contribution in [2.75, 3.05) is 11.9 Å². The highest BCUT2D eigenvalue weighted by atomic mass is 32.9. The Morgan fingerprint density at radius 3 is 2.38 bits per heavy atom. The number of hydrogen-bond acceptors (Lipinski definition) is 6. The van der Waals surface area contributed by atoms with Crippen molar-refractivity contribution in [3.63, 3.8) is 0 Å². The van der Waals surface area contributed by atoms with Crippen LogP contribution in [0.15, 0.2) is 65.7 Å². The number of anilines is 2. The van der Waals surface area contributed by atoms with Crippen LogP contribution in [0.4, 0.5) is 16.4 Å². The topological polar surface area (TPSA) is 50.7 Å². The van der Waals surface area contributed by atoms with Gasteiger partial charge in [0.2, 0.25) is 0 Å². The van der Waals surface area contributed by atoms with Gasteiger partial charge in [-0.25, -0.2) is 9.79 Å². The summed E-state index contributed by atoms with van der Waals surface area (Å²) < 4.78 is 5.87. The molecule has 0 amide bonds. The van der Waals surface area contributed by atoms with Crippen LogP contribution >= 0.6 is 20.7 Å². The molecule has 122 valence electrons. The fraction of sp³-hybridized carbons (Fsp3) is 0.111. The summed E-state index contributed by atoms with van der Waals surface area (Å²) in [7, 11) is 2.94. The smallest absolute Gasteiger partial charge is 0.344 e. The summed E-state index contributed by atoms with van der Waals surface area (Å²) in [4.78, 5) is 17.0. The van der Waals surface area contributed by atoms with Crippen molar-refractivity contribution in [1.82, 2.24) is 0 Å². The maximum atomic E-state index is 12.4.